The Morgan fingerprint density at radius 1 is 0.923 bits per heavy atom. The Morgan fingerprint density at radius 2 is 1.49 bits per heavy atom. The van der Waals surface area contributed by atoms with Crippen molar-refractivity contribution < 1.29 is 17.4 Å². The van der Waals surface area contributed by atoms with E-state index in [0.717, 1.165) is 29.5 Å². The monoisotopic (exact) mass is 547 g/mol. The maximum absolute atomic E-state index is 13.5. The molecule has 39 heavy (non-hydrogen) atoms. The highest BCUT2D eigenvalue weighted by atomic mass is 32.2. The molecule has 2 fully saturated rings. The number of nitrogens with zero attached hydrogens (tertiary/aromatic N) is 2. The summed E-state index contributed by atoms with van der Waals surface area (Å²) in [5.74, 6) is -1.59. The zero-order valence-electron chi connectivity index (χ0n) is 22.8. The van der Waals surface area contributed by atoms with E-state index >= 15 is 0 Å². The summed E-state index contributed by atoms with van der Waals surface area (Å²) in [7, 11) is -2.13. The Morgan fingerprint density at radius 3 is 2.03 bits per heavy atom. The number of hydrogen-bond acceptors (Lipinski definition) is 6. The number of primary amides is 1. The topological polar surface area (TPSA) is 92.9 Å². The van der Waals surface area contributed by atoms with Gasteiger partial charge in [0.05, 0.1) is 4.90 Å². The van der Waals surface area contributed by atoms with Crippen LogP contribution in [-0.2, 0) is 24.5 Å². The number of carbonyl (C=O) groups excluding carboxylic acids is 1. The van der Waals surface area contributed by atoms with Gasteiger partial charge in [0, 0.05) is 19.1 Å². The lowest BCUT2D eigenvalue weighted by atomic mass is 9.64. The SMILES string of the molecule is Cc1ccc(S(=O)(=O)OC2(C)N(C)CCN2C2CCC(C(C(N)=O)(c3ccccc3)c3ccccc3)C2)cc1. The van der Waals surface area contributed by atoms with Crippen molar-refractivity contribution in [2.24, 2.45) is 11.7 Å². The molecule has 1 aliphatic heterocycles. The van der Waals surface area contributed by atoms with Crippen LogP contribution in [0.3, 0.4) is 0 Å². The van der Waals surface area contributed by atoms with Crippen molar-refractivity contribution in [2.45, 2.75) is 55.3 Å². The fourth-order valence-electron chi connectivity index (χ4n) is 6.65. The number of aryl methyl sites for hydroxylation is 1. The molecule has 7 nitrogen and oxygen atoms in total. The van der Waals surface area contributed by atoms with Crippen molar-refractivity contribution in [3.05, 3.63) is 102 Å². The number of carbonyl (C=O) groups is 1. The molecule has 5 rings (SSSR count). The van der Waals surface area contributed by atoms with Crippen molar-refractivity contribution in [2.75, 3.05) is 20.1 Å². The van der Waals surface area contributed by atoms with Gasteiger partial charge in [0.25, 0.3) is 10.1 Å². The standard InChI is InChI=1S/C31H37N3O4S/c1-23-14-18-28(19-15-23)39(36,37)38-30(2)33(3)20-21-34(30)27-17-16-26(22-27)31(29(32)35,24-10-6-4-7-11-24)25-12-8-5-9-13-25/h4-15,18-19,26-27H,16-17,20-22H2,1-3H3,(H2,32,35). The van der Waals surface area contributed by atoms with Crippen LogP contribution >= 0.6 is 0 Å². The first-order chi connectivity index (χ1) is 18.6. The molecule has 8 heteroatoms. The summed E-state index contributed by atoms with van der Waals surface area (Å²) in [6, 6.07) is 26.3. The molecule has 0 bridgehead atoms. The number of likely N-dealkylation sites (N-methyl/N-ethyl adjacent to an activating group) is 1. The van der Waals surface area contributed by atoms with Gasteiger partial charge in [-0.05, 0) is 69.3 Å². The molecule has 1 saturated heterocycles. The Kier molecular flexibility index (Phi) is 7.41. The first kappa shape index (κ1) is 27.5. The van der Waals surface area contributed by atoms with Gasteiger partial charge in [-0.1, -0.05) is 78.4 Å². The molecule has 1 aliphatic carbocycles. The molecule has 1 amide bonds. The Hall–Kier alpha value is -3.04. The van der Waals surface area contributed by atoms with Gasteiger partial charge in [0.15, 0.2) is 5.85 Å². The second-order valence-electron chi connectivity index (χ2n) is 11.0. The highest BCUT2D eigenvalue weighted by Gasteiger charge is 2.55. The fourth-order valence-corrected chi connectivity index (χ4v) is 7.85. The van der Waals surface area contributed by atoms with Crippen LogP contribution in [0, 0.1) is 12.8 Å². The summed E-state index contributed by atoms with van der Waals surface area (Å²) in [6.07, 6.45) is 2.26. The highest BCUT2D eigenvalue weighted by Crippen LogP contribution is 2.49. The first-order valence-electron chi connectivity index (χ1n) is 13.5. The maximum atomic E-state index is 13.5. The third-order valence-corrected chi connectivity index (χ3v) is 10.2. The molecular formula is C31H37N3O4S. The van der Waals surface area contributed by atoms with Crippen LogP contribution in [0.25, 0.3) is 0 Å². The normalized spacial score (nSPS) is 24.7. The summed E-state index contributed by atoms with van der Waals surface area (Å²) in [4.78, 5) is 17.7. The van der Waals surface area contributed by atoms with E-state index in [4.69, 9.17) is 9.92 Å². The largest absolute Gasteiger partial charge is 0.369 e. The lowest BCUT2D eigenvalue weighted by Gasteiger charge is -2.42. The van der Waals surface area contributed by atoms with Gasteiger partial charge in [-0.2, -0.15) is 8.42 Å². The number of amides is 1. The molecule has 0 spiro atoms. The van der Waals surface area contributed by atoms with E-state index in [9.17, 15) is 13.2 Å². The average Bonchev–Trinajstić information content (AvgIpc) is 3.50. The number of rotatable bonds is 8. The zero-order valence-corrected chi connectivity index (χ0v) is 23.6. The molecule has 0 aromatic heterocycles. The Bertz CT molecular complexity index is 1370. The third kappa shape index (κ3) is 4.80. The molecule has 2 aliphatic rings. The molecule has 3 aromatic carbocycles. The Labute approximate surface area is 231 Å². The highest BCUT2D eigenvalue weighted by molar-refractivity contribution is 7.86. The average molecular weight is 548 g/mol. The van der Waals surface area contributed by atoms with Crippen LogP contribution in [0.5, 0.6) is 0 Å². The van der Waals surface area contributed by atoms with Gasteiger partial charge < -0.3 is 5.73 Å². The lowest BCUT2D eigenvalue weighted by molar-refractivity contribution is -0.138. The molecule has 1 heterocycles. The minimum absolute atomic E-state index is 0.0179. The van der Waals surface area contributed by atoms with E-state index in [1.807, 2.05) is 86.5 Å². The zero-order chi connectivity index (χ0) is 27.8. The van der Waals surface area contributed by atoms with Gasteiger partial charge in [0.1, 0.15) is 5.41 Å². The number of benzene rings is 3. The third-order valence-electron chi connectivity index (χ3n) is 8.80. The van der Waals surface area contributed by atoms with Gasteiger partial charge >= 0.3 is 0 Å². The van der Waals surface area contributed by atoms with Crippen LogP contribution in [0.2, 0.25) is 0 Å². The molecule has 1 saturated carbocycles. The van der Waals surface area contributed by atoms with Crippen molar-refractivity contribution in [3.8, 4) is 0 Å². The smallest absolute Gasteiger partial charge is 0.299 e. The predicted molar refractivity (Wildman–Crippen MR) is 151 cm³/mol. The summed E-state index contributed by atoms with van der Waals surface area (Å²) < 4.78 is 32.7. The second-order valence-corrected chi connectivity index (χ2v) is 12.5. The molecule has 0 radical (unpaired) electrons. The van der Waals surface area contributed by atoms with E-state index in [-0.39, 0.29) is 22.8 Å². The van der Waals surface area contributed by atoms with Gasteiger partial charge in [-0.15, -0.1) is 0 Å². The van der Waals surface area contributed by atoms with Crippen LogP contribution in [0.15, 0.2) is 89.8 Å². The van der Waals surface area contributed by atoms with Crippen molar-refractivity contribution >= 4 is 16.0 Å². The van der Waals surface area contributed by atoms with E-state index in [1.54, 1.807) is 24.3 Å². The van der Waals surface area contributed by atoms with Crippen LogP contribution in [-0.4, -0.2) is 56.2 Å². The van der Waals surface area contributed by atoms with Gasteiger partial charge in [-0.3, -0.25) is 14.6 Å². The summed E-state index contributed by atoms with van der Waals surface area (Å²) in [5.41, 5.74) is 8.04. The molecular weight excluding hydrogens is 510 g/mol. The van der Waals surface area contributed by atoms with Crippen molar-refractivity contribution in [1.82, 2.24) is 9.80 Å². The molecule has 3 atom stereocenters. The van der Waals surface area contributed by atoms with Crippen LogP contribution < -0.4 is 5.73 Å². The molecule has 3 unspecified atom stereocenters. The number of hydrogen-bond donors (Lipinski definition) is 1. The molecule has 2 N–H and O–H groups in total. The maximum Gasteiger partial charge on any atom is 0.299 e. The van der Waals surface area contributed by atoms with E-state index in [1.165, 1.54) is 0 Å². The predicted octanol–water partition coefficient (Wildman–Crippen LogP) is 4.26. The van der Waals surface area contributed by atoms with E-state index in [0.29, 0.717) is 19.5 Å². The number of nitrogens with two attached hydrogens (primary N) is 1. The van der Waals surface area contributed by atoms with Crippen LogP contribution in [0.1, 0.15) is 42.9 Å². The summed E-state index contributed by atoms with van der Waals surface area (Å²) in [5, 5.41) is 0. The molecule has 206 valence electrons. The van der Waals surface area contributed by atoms with Gasteiger partial charge in [-0.25, -0.2) is 4.18 Å². The lowest BCUT2D eigenvalue weighted by Crippen LogP contribution is -2.56. The quantitative estimate of drug-likeness (QED) is 0.424. The van der Waals surface area contributed by atoms with Crippen LogP contribution in [0.4, 0.5) is 0 Å². The minimum atomic E-state index is -4.01. The Balaban J connectivity index is 1.48. The first-order valence-corrected chi connectivity index (χ1v) is 14.9. The van der Waals surface area contributed by atoms with Crippen molar-refractivity contribution in [1.29, 1.82) is 0 Å². The minimum Gasteiger partial charge on any atom is -0.369 e. The molecule has 3 aromatic rings. The van der Waals surface area contributed by atoms with E-state index < -0.39 is 21.4 Å². The summed E-state index contributed by atoms with van der Waals surface area (Å²) in [6.45, 7) is 5.07. The van der Waals surface area contributed by atoms with Gasteiger partial charge in [0.2, 0.25) is 5.91 Å². The van der Waals surface area contributed by atoms with Crippen molar-refractivity contribution in [3.63, 3.8) is 0 Å². The second kappa shape index (κ2) is 10.5. The summed E-state index contributed by atoms with van der Waals surface area (Å²) >= 11 is 0. The fraction of sp³-hybridized carbons (Fsp3) is 0.387. The van der Waals surface area contributed by atoms with E-state index in [2.05, 4.69) is 4.90 Å².